The molecular weight excluding hydrogens is 250 g/mol. The Morgan fingerprint density at radius 1 is 1.30 bits per heavy atom. The van der Waals surface area contributed by atoms with Crippen LogP contribution >= 0.6 is 0 Å². The zero-order valence-electron chi connectivity index (χ0n) is 12.0. The molecule has 1 aromatic carbocycles. The van der Waals surface area contributed by atoms with Crippen LogP contribution in [-0.2, 0) is 13.0 Å². The molecule has 0 aliphatic carbocycles. The second-order valence-electron chi connectivity index (χ2n) is 5.66. The highest BCUT2D eigenvalue weighted by Gasteiger charge is 2.21. The van der Waals surface area contributed by atoms with E-state index in [4.69, 9.17) is 10.00 Å². The van der Waals surface area contributed by atoms with Gasteiger partial charge in [-0.15, -0.1) is 0 Å². The number of benzene rings is 1. The molecule has 4 heteroatoms. The predicted octanol–water partition coefficient (Wildman–Crippen LogP) is 1.65. The summed E-state index contributed by atoms with van der Waals surface area (Å²) in [6.07, 6.45) is 1.04. The summed E-state index contributed by atoms with van der Waals surface area (Å²) in [6.45, 7) is 7.87. The molecule has 0 aromatic heterocycles. The fourth-order valence-corrected chi connectivity index (χ4v) is 2.99. The lowest BCUT2D eigenvalue weighted by molar-refractivity contribution is 0.114. The minimum Gasteiger partial charge on any atom is -0.493 e. The number of piperazine rings is 1. The highest BCUT2D eigenvalue weighted by molar-refractivity contribution is 5.39. The summed E-state index contributed by atoms with van der Waals surface area (Å²) in [5.41, 5.74) is 2.72. The molecule has 0 N–H and O–H groups in total. The SMILES string of the molecule is C[C@H](C#N)N1CCN(Cc2ccc3c(c2)CCO3)CC1. The van der Waals surface area contributed by atoms with Gasteiger partial charge in [-0.25, -0.2) is 0 Å². The van der Waals surface area contributed by atoms with Crippen LogP contribution in [0.15, 0.2) is 18.2 Å². The summed E-state index contributed by atoms with van der Waals surface area (Å²) < 4.78 is 5.55. The number of fused-ring (bicyclic) bond motifs is 1. The van der Waals surface area contributed by atoms with Crippen LogP contribution in [-0.4, -0.2) is 48.6 Å². The zero-order chi connectivity index (χ0) is 13.9. The van der Waals surface area contributed by atoms with Crippen molar-refractivity contribution in [1.82, 2.24) is 9.80 Å². The van der Waals surface area contributed by atoms with Gasteiger partial charge in [-0.2, -0.15) is 5.26 Å². The molecule has 0 unspecified atom stereocenters. The second-order valence-corrected chi connectivity index (χ2v) is 5.66. The molecule has 1 fully saturated rings. The van der Waals surface area contributed by atoms with Crippen molar-refractivity contribution in [3.63, 3.8) is 0 Å². The molecule has 0 spiro atoms. The Balaban J connectivity index is 1.56. The Labute approximate surface area is 120 Å². The van der Waals surface area contributed by atoms with Gasteiger partial charge in [0.2, 0.25) is 0 Å². The van der Waals surface area contributed by atoms with E-state index < -0.39 is 0 Å². The zero-order valence-corrected chi connectivity index (χ0v) is 12.0. The molecule has 0 saturated carbocycles. The lowest BCUT2D eigenvalue weighted by Crippen LogP contribution is -2.48. The number of nitriles is 1. The molecule has 20 heavy (non-hydrogen) atoms. The Hall–Kier alpha value is -1.57. The van der Waals surface area contributed by atoms with Crippen LogP contribution in [0, 0.1) is 11.3 Å². The highest BCUT2D eigenvalue weighted by atomic mass is 16.5. The van der Waals surface area contributed by atoms with E-state index in [0.29, 0.717) is 0 Å². The van der Waals surface area contributed by atoms with Gasteiger partial charge in [-0.1, -0.05) is 12.1 Å². The molecule has 1 aromatic rings. The van der Waals surface area contributed by atoms with E-state index in [1.807, 2.05) is 6.92 Å². The van der Waals surface area contributed by atoms with Gasteiger partial charge in [0.25, 0.3) is 0 Å². The Kier molecular flexibility index (Phi) is 3.90. The van der Waals surface area contributed by atoms with Crippen LogP contribution in [0.25, 0.3) is 0 Å². The first-order valence-electron chi connectivity index (χ1n) is 7.37. The quantitative estimate of drug-likeness (QED) is 0.838. The molecule has 0 bridgehead atoms. The first-order valence-corrected chi connectivity index (χ1v) is 7.37. The Bertz CT molecular complexity index is 515. The molecule has 1 atom stereocenters. The lowest BCUT2D eigenvalue weighted by Gasteiger charge is -2.35. The topological polar surface area (TPSA) is 39.5 Å². The molecule has 1 saturated heterocycles. The van der Waals surface area contributed by atoms with E-state index in [1.54, 1.807) is 0 Å². The van der Waals surface area contributed by atoms with Crippen LogP contribution < -0.4 is 4.74 Å². The van der Waals surface area contributed by atoms with E-state index in [-0.39, 0.29) is 6.04 Å². The highest BCUT2D eigenvalue weighted by Crippen LogP contribution is 2.26. The minimum atomic E-state index is 0.0364. The summed E-state index contributed by atoms with van der Waals surface area (Å²) in [6, 6.07) is 8.92. The molecule has 2 aliphatic rings. The van der Waals surface area contributed by atoms with Crippen LogP contribution in [0.5, 0.6) is 5.75 Å². The Morgan fingerprint density at radius 2 is 2.10 bits per heavy atom. The largest absolute Gasteiger partial charge is 0.493 e. The summed E-state index contributed by atoms with van der Waals surface area (Å²) in [5, 5.41) is 8.96. The van der Waals surface area contributed by atoms with Crippen molar-refractivity contribution in [2.24, 2.45) is 0 Å². The summed E-state index contributed by atoms with van der Waals surface area (Å²) in [4.78, 5) is 4.73. The number of nitrogens with zero attached hydrogens (tertiary/aromatic N) is 3. The van der Waals surface area contributed by atoms with Crippen molar-refractivity contribution >= 4 is 0 Å². The van der Waals surface area contributed by atoms with Gasteiger partial charge in [0, 0.05) is 39.1 Å². The van der Waals surface area contributed by atoms with Crippen molar-refractivity contribution in [2.45, 2.75) is 25.9 Å². The molecule has 0 radical (unpaired) electrons. The summed E-state index contributed by atoms with van der Waals surface area (Å²) in [5.74, 6) is 1.06. The van der Waals surface area contributed by atoms with Crippen molar-refractivity contribution in [3.8, 4) is 11.8 Å². The van der Waals surface area contributed by atoms with Crippen molar-refractivity contribution in [2.75, 3.05) is 32.8 Å². The smallest absolute Gasteiger partial charge is 0.122 e. The maximum absolute atomic E-state index is 8.96. The van der Waals surface area contributed by atoms with Gasteiger partial charge >= 0.3 is 0 Å². The maximum Gasteiger partial charge on any atom is 0.122 e. The van der Waals surface area contributed by atoms with Gasteiger partial charge in [0.15, 0.2) is 0 Å². The number of hydrogen-bond acceptors (Lipinski definition) is 4. The van der Waals surface area contributed by atoms with Crippen LogP contribution in [0.2, 0.25) is 0 Å². The number of rotatable bonds is 3. The molecule has 0 amide bonds. The molecule has 4 nitrogen and oxygen atoms in total. The molecule has 3 rings (SSSR count). The lowest BCUT2D eigenvalue weighted by atomic mass is 10.1. The number of hydrogen-bond donors (Lipinski definition) is 0. The summed E-state index contributed by atoms with van der Waals surface area (Å²) >= 11 is 0. The van der Waals surface area contributed by atoms with Gasteiger partial charge in [0.05, 0.1) is 18.7 Å². The predicted molar refractivity (Wildman–Crippen MR) is 77.6 cm³/mol. The fraction of sp³-hybridized carbons (Fsp3) is 0.562. The molecule has 106 valence electrons. The molecular formula is C16H21N3O. The maximum atomic E-state index is 8.96. The van der Waals surface area contributed by atoms with E-state index in [1.165, 1.54) is 11.1 Å². The van der Waals surface area contributed by atoms with Gasteiger partial charge in [0.1, 0.15) is 5.75 Å². The first kappa shape index (κ1) is 13.4. The Morgan fingerprint density at radius 3 is 2.85 bits per heavy atom. The second kappa shape index (κ2) is 5.82. The third kappa shape index (κ3) is 2.79. The third-order valence-electron chi connectivity index (χ3n) is 4.30. The van der Waals surface area contributed by atoms with Crippen molar-refractivity contribution in [1.29, 1.82) is 5.26 Å². The molecule has 2 aliphatic heterocycles. The van der Waals surface area contributed by atoms with Crippen LogP contribution in [0.4, 0.5) is 0 Å². The van der Waals surface area contributed by atoms with E-state index in [2.05, 4.69) is 34.1 Å². The summed E-state index contributed by atoms with van der Waals surface area (Å²) in [7, 11) is 0. The minimum absolute atomic E-state index is 0.0364. The van der Waals surface area contributed by atoms with Gasteiger partial charge in [-0.05, 0) is 24.1 Å². The van der Waals surface area contributed by atoms with Crippen molar-refractivity contribution in [3.05, 3.63) is 29.3 Å². The number of ether oxygens (including phenoxy) is 1. The van der Waals surface area contributed by atoms with Crippen LogP contribution in [0.3, 0.4) is 0 Å². The average Bonchev–Trinajstić information content (AvgIpc) is 2.95. The normalized spacial score (nSPS) is 21.0. The average molecular weight is 271 g/mol. The monoisotopic (exact) mass is 271 g/mol. The first-order chi connectivity index (χ1) is 9.76. The van der Waals surface area contributed by atoms with Gasteiger partial charge < -0.3 is 4.74 Å². The fourth-order valence-electron chi connectivity index (χ4n) is 2.99. The van der Waals surface area contributed by atoms with Crippen molar-refractivity contribution < 1.29 is 4.74 Å². The van der Waals surface area contributed by atoms with E-state index in [0.717, 1.165) is 51.5 Å². The standard InChI is InChI=1S/C16H21N3O/c1-13(11-17)19-7-5-18(6-8-19)12-14-2-3-16-15(10-14)4-9-20-16/h2-3,10,13H,4-9,12H2,1H3/t13-/m1/s1. The third-order valence-corrected chi connectivity index (χ3v) is 4.30. The van der Waals surface area contributed by atoms with Crippen LogP contribution in [0.1, 0.15) is 18.1 Å². The molecule has 2 heterocycles. The van der Waals surface area contributed by atoms with E-state index >= 15 is 0 Å². The van der Waals surface area contributed by atoms with Gasteiger partial charge in [-0.3, -0.25) is 9.80 Å². The van der Waals surface area contributed by atoms with E-state index in [9.17, 15) is 0 Å².